The van der Waals surface area contributed by atoms with Crippen LogP contribution in [-0.4, -0.2) is 24.0 Å². The maximum absolute atomic E-state index is 13.0. The fourth-order valence-corrected chi connectivity index (χ4v) is 2.98. The van der Waals surface area contributed by atoms with Gasteiger partial charge in [0.25, 0.3) is 5.56 Å². The number of anilines is 2. The molecule has 0 amide bonds. The highest BCUT2D eigenvalue weighted by atomic mass is 19.4. The molecule has 3 N–H and O–H groups in total. The first kappa shape index (κ1) is 20.3. The van der Waals surface area contributed by atoms with Crippen LogP contribution in [0.4, 0.5) is 24.7 Å². The maximum Gasteiger partial charge on any atom is 0.416 e. The van der Waals surface area contributed by atoms with E-state index >= 15 is 0 Å². The predicted octanol–water partition coefficient (Wildman–Crippen LogP) is 3.16. The lowest BCUT2D eigenvalue weighted by molar-refractivity contribution is -0.137. The van der Waals surface area contributed by atoms with Gasteiger partial charge < -0.3 is 20.5 Å². The van der Waals surface area contributed by atoms with Crippen LogP contribution in [-0.2, 0) is 19.8 Å². The zero-order valence-electron chi connectivity index (χ0n) is 15.9. The third-order valence-electron chi connectivity index (χ3n) is 4.36. The summed E-state index contributed by atoms with van der Waals surface area (Å²) in [5.41, 5.74) is 4.75. The van der Waals surface area contributed by atoms with Crippen molar-refractivity contribution in [3.05, 3.63) is 51.8 Å². The molecular weight excluding hydrogens is 389 g/mol. The predicted molar refractivity (Wildman–Crippen MR) is 103 cm³/mol. The lowest BCUT2D eigenvalue weighted by Crippen LogP contribution is -2.21. The summed E-state index contributed by atoms with van der Waals surface area (Å²) in [6.45, 7) is 0.0166. The Bertz CT molecular complexity index is 1130. The summed E-state index contributed by atoms with van der Waals surface area (Å²) in [4.78, 5) is 12.5. The van der Waals surface area contributed by atoms with Gasteiger partial charge in [0, 0.05) is 24.7 Å². The monoisotopic (exact) mass is 408 g/mol. The zero-order valence-corrected chi connectivity index (χ0v) is 15.9. The largest absolute Gasteiger partial charge is 0.493 e. The zero-order chi connectivity index (χ0) is 21.3. The number of halogens is 3. The molecule has 10 heteroatoms. The average Bonchev–Trinajstić information content (AvgIpc) is 2.67. The number of hydrogen-bond acceptors (Lipinski definition) is 6. The van der Waals surface area contributed by atoms with Crippen molar-refractivity contribution in [2.45, 2.75) is 12.7 Å². The van der Waals surface area contributed by atoms with E-state index in [1.54, 1.807) is 6.07 Å². The number of nitrogens with two attached hydrogens (primary N) is 1. The van der Waals surface area contributed by atoms with Crippen LogP contribution in [0.3, 0.4) is 0 Å². The minimum atomic E-state index is -4.50. The first-order valence-electron chi connectivity index (χ1n) is 8.47. The number of nitrogens with one attached hydrogen (secondary N) is 1. The number of aryl methyl sites for hydroxylation is 1. The molecule has 3 aromatic rings. The second-order valence-corrected chi connectivity index (χ2v) is 6.34. The Labute approximate surface area is 163 Å². The first-order valence-corrected chi connectivity index (χ1v) is 8.47. The topological polar surface area (TPSA) is 91.4 Å². The van der Waals surface area contributed by atoms with E-state index in [-0.39, 0.29) is 17.8 Å². The number of methoxy groups -OCH3 is 2. The van der Waals surface area contributed by atoms with E-state index in [0.29, 0.717) is 33.7 Å². The van der Waals surface area contributed by atoms with E-state index in [4.69, 9.17) is 15.2 Å². The molecule has 3 rings (SSSR count). The molecule has 2 aromatic carbocycles. The second kappa shape index (κ2) is 7.53. The SMILES string of the molecule is COc1cc2c(NCc3cc(N)cc(C(F)(F)F)c3)nn(C)c(=O)c2cc1OC. The van der Waals surface area contributed by atoms with Crippen LogP contribution in [0, 0.1) is 0 Å². The van der Waals surface area contributed by atoms with Crippen molar-refractivity contribution in [3.8, 4) is 11.5 Å². The third kappa shape index (κ3) is 4.05. The van der Waals surface area contributed by atoms with E-state index in [0.717, 1.165) is 16.8 Å². The van der Waals surface area contributed by atoms with Crippen molar-refractivity contribution < 1.29 is 22.6 Å². The van der Waals surface area contributed by atoms with Gasteiger partial charge in [0.2, 0.25) is 0 Å². The quantitative estimate of drug-likeness (QED) is 0.631. The van der Waals surface area contributed by atoms with Crippen molar-refractivity contribution in [1.29, 1.82) is 0 Å². The van der Waals surface area contributed by atoms with Crippen LogP contribution in [0.15, 0.2) is 35.1 Å². The second-order valence-electron chi connectivity index (χ2n) is 6.34. The smallest absolute Gasteiger partial charge is 0.416 e. The van der Waals surface area contributed by atoms with Crippen molar-refractivity contribution in [2.24, 2.45) is 7.05 Å². The molecule has 154 valence electrons. The molecule has 7 nitrogen and oxygen atoms in total. The van der Waals surface area contributed by atoms with Gasteiger partial charge in [-0.1, -0.05) is 0 Å². The molecule has 0 saturated heterocycles. The Balaban J connectivity index is 2.04. The van der Waals surface area contributed by atoms with E-state index < -0.39 is 11.7 Å². The van der Waals surface area contributed by atoms with Gasteiger partial charge in [0.15, 0.2) is 17.3 Å². The fraction of sp³-hybridized carbons (Fsp3) is 0.263. The number of ether oxygens (including phenoxy) is 2. The highest BCUT2D eigenvalue weighted by molar-refractivity contribution is 5.93. The van der Waals surface area contributed by atoms with Gasteiger partial charge in [-0.15, -0.1) is 0 Å². The van der Waals surface area contributed by atoms with E-state index in [9.17, 15) is 18.0 Å². The molecule has 1 aromatic heterocycles. The Morgan fingerprint density at radius 3 is 2.28 bits per heavy atom. The standard InChI is InChI=1S/C19H19F3N4O3/c1-26-18(27)14-8-16(29-3)15(28-2)7-13(14)17(25-26)24-9-10-4-11(19(20,21)22)6-12(23)5-10/h4-8H,9,23H2,1-3H3,(H,24,25). The lowest BCUT2D eigenvalue weighted by Gasteiger charge is -2.15. The molecule has 29 heavy (non-hydrogen) atoms. The minimum Gasteiger partial charge on any atom is -0.493 e. The summed E-state index contributed by atoms with van der Waals surface area (Å²) in [5.74, 6) is 1.07. The van der Waals surface area contributed by atoms with Crippen molar-refractivity contribution >= 4 is 22.3 Å². The van der Waals surface area contributed by atoms with Gasteiger partial charge in [-0.2, -0.15) is 18.3 Å². The average molecular weight is 408 g/mol. The lowest BCUT2D eigenvalue weighted by atomic mass is 10.1. The number of rotatable bonds is 5. The number of benzene rings is 2. The number of alkyl halides is 3. The highest BCUT2D eigenvalue weighted by Crippen LogP contribution is 2.34. The summed E-state index contributed by atoms with van der Waals surface area (Å²) >= 11 is 0. The highest BCUT2D eigenvalue weighted by Gasteiger charge is 2.31. The number of fused-ring (bicyclic) bond motifs is 1. The van der Waals surface area contributed by atoms with Gasteiger partial charge >= 0.3 is 6.18 Å². The molecule has 0 atom stereocenters. The number of nitrogens with zero attached hydrogens (tertiary/aromatic N) is 2. The van der Waals surface area contributed by atoms with Gasteiger partial charge in [0.05, 0.1) is 25.2 Å². The molecule has 0 unspecified atom stereocenters. The third-order valence-corrected chi connectivity index (χ3v) is 4.36. The van der Waals surface area contributed by atoms with Gasteiger partial charge in [-0.3, -0.25) is 4.79 Å². The van der Waals surface area contributed by atoms with Crippen LogP contribution < -0.4 is 26.1 Å². The van der Waals surface area contributed by atoms with Crippen LogP contribution in [0.25, 0.3) is 10.8 Å². The van der Waals surface area contributed by atoms with Crippen LogP contribution in [0.2, 0.25) is 0 Å². The number of aromatic nitrogens is 2. The van der Waals surface area contributed by atoms with Crippen LogP contribution in [0.5, 0.6) is 11.5 Å². The fourth-order valence-electron chi connectivity index (χ4n) is 2.98. The molecule has 0 aliphatic carbocycles. The summed E-state index contributed by atoms with van der Waals surface area (Å²) < 4.78 is 50.7. The normalized spacial score (nSPS) is 11.5. The van der Waals surface area contributed by atoms with Crippen LogP contribution >= 0.6 is 0 Å². The van der Waals surface area contributed by atoms with Crippen molar-refractivity contribution in [2.75, 3.05) is 25.3 Å². The maximum atomic E-state index is 13.0. The summed E-state index contributed by atoms with van der Waals surface area (Å²) in [6.07, 6.45) is -4.50. The minimum absolute atomic E-state index is 0.00121. The summed E-state index contributed by atoms with van der Waals surface area (Å²) in [7, 11) is 4.38. The molecule has 0 bridgehead atoms. The molecule has 0 aliphatic rings. The summed E-state index contributed by atoms with van der Waals surface area (Å²) in [5, 5.41) is 7.94. The Kier molecular flexibility index (Phi) is 5.27. The Morgan fingerprint density at radius 2 is 1.69 bits per heavy atom. The van der Waals surface area contributed by atoms with Gasteiger partial charge in [-0.25, -0.2) is 4.68 Å². The molecule has 0 radical (unpaired) electrons. The van der Waals surface area contributed by atoms with Crippen LogP contribution in [0.1, 0.15) is 11.1 Å². The first-order chi connectivity index (χ1) is 13.6. The van der Waals surface area contributed by atoms with Crippen molar-refractivity contribution in [3.63, 3.8) is 0 Å². The van der Waals surface area contributed by atoms with E-state index in [1.165, 1.54) is 33.4 Å². The molecule has 0 saturated carbocycles. The number of nitrogen functional groups attached to an aromatic ring is 1. The van der Waals surface area contributed by atoms with Gasteiger partial charge in [-0.05, 0) is 35.9 Å². The molecule has 0 fully saturated rings. The van der Waals surface area contributed by atoms with Crippen molar-refractivity contribution in [1.82, 2.24) is 9.78 Å². The summed E-state index contributed by atoms with van der Waals surface area (Å²) in [6, 6.07) is 6.45. The van der Waals surface area contributed by atoms with E-state index in [1.807, 2.05) is 0 Å². The van der Waals surface area contributed by atoms with Gasteiger partial charge in [0.1, 0.15) is 0 Å². The molecule has 1 heterocycles. The number of hydrogen-bond donors (Lipinski definition) is 2. The molecule has 0 spiro atoms. The molecular formula is C19H19F3N4O3. The Morgan fingerprint density at radius 1 is 1.07 bits per heavy atom. The molecule has 0 aliphatic heterocycles. The Hall–Kier alpha value is -3.43. The van der Waals surface area contributed by atoms with E-state index in [2.05, 4.69) is 10.4 Å².